The van der Waals surface area contributed by atoms with Crippen molar-refractivity contribution in [3.63, 3.8) is 0 Å². The summed E-state index contributed by atoms with van der Waals surface area (Å²) < 4.78 is 0. The average Bonchev–Trinajstić information content (AvgIpc) is 3.35. The Hall–Kier alpha value is -2.67. The normalized spacial score (nSPS) is 15.4. The summed E-state index contributed by atoms with van der Waals surface area (Å²) in [5, 5.41) is 7.78. The minimum Gasteiger partial charge on any atom is -0.354 e. The van der Waals surface area contributed by atoms with E-state index in [9.17, 15) is 14.4 Å². The number of amides is 3. The van der Waals surface area contributed by atoms with Crippen LogP contribution in [0.15, 0.2) is 47.8 Å². The van der Waals surface area contributed by atoms with Gasteiger partial charge in [0, 0.05) is 26.1 Å². The highest BCUT2D eigenvalue weighted by atomic mass is 32.1. The highest BCUT2D eigenvalue weighted by Gasteiger charge is 2.34. The smallest absolute Gasteiger partial charge is 0.262 e. The van der Waals surface area contributed by atoms with Gasteiger partial charge in [-0.25, -0.2) is 0 Å². The summed E-state index contributed by atoms with van der Waals surface area (Å²) in [4.78, 5) is 40.7. The molecular formula is C25H33N3O3S. The van der Waals surface area contributed by atoms with Gasteiger partial charge in [-0.3, -0.25) is 14.4 Å². The van der Waals surface area contributed by atoms with Gasteiger partial charge in [0.15, 0.2) is 0 Å². The quantitative estimate of drug-likeness (QED) is 0.608. The summed E-state index contributed by atoms with van der Waals surface area (Å²) in [5.41, 5.74) is 1.16. The molecule has 1 aliphatic rings. The van der Waals surface area contributed by atoms with Gasteiger partial charge in [0.25, 0.3) is 5.91 Å². The molecule has 3 rings (SSSR count). The van der Waals surface area contributed by atoms with Crippen molar-refractivity contribution < 1.29 is 14.4 Å². The standard InChI is InChI=1S/C25H33N3O3S/c1-18(2)17-26-25(31)23(27-24(30)21-9-6-16-32-21)20-12-14-28(15-13-20)22(29)11-10-19-7-4-3-5-8-19/h3-9,16,18,20,23H,10-15,17H2,1-2H3,(H,26,31)(H,27,30)/t23-/m1/s1. The minimum absolute atomic E-state index is 0.00393. The third-order valence-electron chi connectivity index (χ3n) is 5.83. The number of nitrogens with one attached hydrogen (secondary N) is 2. The van der Waals surface area contributed by atoms with Crippen LogP contribution in [0, 0.1) is 11.8 Å². The average molecular weight is 456 g/mol. The number of hydrogen-bond acceptors (Lipinski definition) is 4. The molecule has 0 unspecified atom stereocenters. The van der Waals surface area contributed by atoms with Gasteiger partial charge in [-0.1, -0.05) is 50.2 Å². The van der Waals surface area contributed by atoms with E-state index in [1.54, 1.807) is 6.07 Å². The lowest BCUT2D eigenvalue weighted by molar-refractivity contribution is -0.133. The van der Waals surface area contributed by atoms with Crippen molar-refractivity contribution in [3.05, 3.63) is 58.3 Å². The monoisotopic (exact) mass is 455 g/mol. The summed E-state index contributed by atoms with van der Waals surface area (Å²) in [6.45, 7) is 5.88. The Kier molecular flexibility index (Phi) is 8.85. The molecule has 2 N–H and O–H groups in total. The lowest BCUT2D eigenvalue weighted by Gasteiger charge is -2.36. The van der Waals surface area contributed by atoms with Gasteiger partial charge in [-0.2, -0.15) is 0 Å². The van der Waals surface area contributed by atoms with Crippen LogP contribution in [0.2, 0.25) is 0 Å². The van der Waals surface area contributed by atoms with E-state index in [-0.39, 0.29) is 23.6 Å². The summed E-state index contributed by atoms with van der Waals surface area (Å²) in [5.74, 6) is 0.125. The number of aryl methyl sites for hydroxylation is 1. The third-order valence-corrected chi connectivity index (χ3v) is 6.70. The van der Waals surface area contributed by atoms with E-state index in [0.717, 1.165) is 12.0 Å². The van der Waals surface area contributed by atoms with E-state index in [1.807, 2.05) is 60.5 Å². The van der Waals surface area contributed by atoms with Crippen LogP contribution in [0.25, 0.3) is 0 Å². The second kappa shape index (κ2) is 11.8. The molecule has 0 aliphatic carbocycles. The van der Waals surface area contributed by atoms with Crippen LogP contribution in [-0.2, 0) is 16.0 Å². The number of hydrogen-bond donors (Lipinski definition) is 2. The largest absolute Gasteiger partial charge is 0.354 e. The summed E-state index contributed by atoms with van der Waals surface area (Å²) in [7, 11) is 0. The SMILES string of the molecule is CC(C)CNC(=O)[C@H](NC(=O)c1cccs1)C1CCN(C(=O)CCc2ccccc2)CC1. The number of likely N-dealkylation sites (tertiary alicyclic amines) is 1. The van der Waals surface area contributed by atoms with E-state index < -0.39 is 6.04 Å². The lowest BCUT2D eigenvalue weighted by Crippen LogP contribution is -2.54. The molecule has 2 heterocycles. The molecule has 2 aromatic rings. The first-order chi connectivity index (χ1) is 15.4. The first kappa shape index (κ1) is 24.0. The van der Waals surface area contributed by atoms with E-state index >= 15 is 0 Å². The highest BCUT2D eigenvalue weighted by Crippen LogP contribution is 2.23. The Morgan fingerprint density at radius 3 is 2.41 bits per heavy atom. The first-order valence-corrected chi connectivity index (χ1v) is 12.3. The van der Waals surface area contributed by atoms with E-state index in [0.29, 0.717) is 49.7 Å². The number of thiophene rings is 1. The van der Waals surface area contributed by atoms with E-state index in [1.165, 1.54) is 11.3 Å². The summed E-state index contributed by atoms with van der Waals surface area (Å²) in [6.07, 6.45) is 2.61. The summed E-state index contributed by atoms with van der Waals surface area (Å²) >= 11 is 1.36. The Morgan fingerprint density at radius 2 is 1.78 bits per heavy atom. The number of carbonyl (C=O) groups is 3. The van der Waals surface area contributed by atoms with Gasteiger partial charge in [-0.05, 0) is 48.1 Å². The van der Waals surface area contributed by atoms with Crippen LogP contribution < -0.4 is 10.6 Å². The van der Waals surface area contributed by atoms with Crippen molar-refractivity contribution in [1.82, 2.24) is 15.5 Å². The third kappa shape index (κ3) is 6.92. The number of benzene rings is 1. The molecule has 0 radical (unpaired) electrons. The maximum Gasteiger partial charge on any atom is 0.262 e. The molecule has 1 fully saturated rings. The van der Waals surface area contributed by atoms with Crippen LogP contribution >= 0.6 is 11.3 Å². The molecule has 172 valence electrons. The first-order valence-electron chi connectivity index (χ1n) is 11.4. The maximum atomic E-state index is 12.9. The van der Waals surface area contributed by atoms with Gasteiger partial charge >= 0.3 is 0 Å². The molecule has 0 spiro atoms. The van der Waals surface area contributed by atoms with Crippen LogP contribution in [-0.4, -0.2) is 48.3 Å². The summed E-state index contributed by atoms with van der Waals surface area (Å²) in [6, 6.07) is 13.0. The molecule has 1 aromatic heterocycles. The van der Waals surface area contributed by atoms with Crippen molar-refractivity contribution in [2.45, 2.75) is 45.6 Å². The van der Waals surface area contributed by atoms with Crippen molar-refractivity contribution >= 4 is 29.1 Å². The van der Waals surface area contributed by atoms with Crippen LogP contribution in [0.5, 0.6) is 0 Å². The van der Waals surface area contributed by atoms with E-state index in [2.05, 4.69) is 10.6 Å². The molecule has 1 aromatic carbocycles. The fourth-order valence-corrected chi connectivity index (χ4v) is 4.60. The maximum absolute atomic E-state index is 12.9. The lowest BCUT2D eigenvalue weighted by atomic mass is 9.88. The minimum atomic E-state index is -0.593. The van der Waals surface area contributed by atoms with Gasteiger partial charge in [0.1, 0.15) is 6.04 Å². The predicted molar refractivity (Wildman–Crippen MR) is 127 cm³/mol. The van der Waals surface area contributed by atoms with Crippen LogP contribution in [0.3, 0.4) is 0 Å². The molecule has 6 nitrogen and oxygen atoms in total. The van der Waals surface area contributed by atoms with Crippen molar-refractivity contribution in [2.24, 2.45) is 11.8 Å². The zero-order valence-electron chi connectivity index (χ0n) is 18.9. The Bertz CT molecular complexity index is 875. The molecule has 32 heavy (non-hydrogen) atoms. The van der Waals surface area contributed by atoms with Gasteiger partial charge in [-0.15, -0.1) is 11.3 Å². The fraction of sp³-hybridized carbons (Fsp3) is 0.480. The molecule has 0 saturated carbocycles. The number of piperidine rings is 1. The molecule has 0 bridgehead atoms. The number of nitrogens with zero attached hydrogens (tertiary/aromatic N) is 1. The van der Waals surface area contributed by atoms with Gasteiger partial charge in [0.2, 0.25) is 11.8 Å². The van der Waals surface area contributed by atoms with Gasteiger partial charge in [0.05, 0.1) is 4.88 Å². The Balaban J connectivity index is 1.56. The van der Waals surface area contributed by atoms with Gasteiger partial charge < -0.3 is 15.5 Å². The van der Waals surface area contributed by atoms with Crippen molar-refractivity contribution in [3.8, 4) is 0 Å². The highest BCUT2D eigenvalue weighted by molar-refractivity contribution is 7.12. The van der Waals surface area contributed by atoms with Crippen molar-refractivity contribution in [2.75, 3.05) is 19.6 Å². The molecule has 1 saturated heterocycles. The van der Waals surface area contributed by atoms with Crippen LogP contribution in [0.4, 0.5) is 0 Å². The van der Waals surface area contributed by atoms with Crippen molar-refractivity contribution in [1.29, 1.82) is 0 Å². The molecular weight excluding hydrogens is 422 g/mol. The fourth-order valence-electron chi connectivity index (χ4n) is 3.97. The molecule has 7 heteroatoms. The van der Waals surface area contributed by atoms with Crippen LogP contribution in [0.1, 0.15) is 48.3 Å². The molecule has 3 amide bonds. The second-order valence-electron chi connectivity index (χ2n) is 8.77. The Labute approximate surface area is 194 Å². The zero-order chi connectivity index (χ0) is 22.9. The molecule has 1 atom stereocenters. The molecule has 1 aliphatic heterocycles. The second-order valence-corrected chi connectivity index (χ2v) is 9.72. The topological polar surface area (TPSA) is 78.5 Å². The number of rotatable bonds is 9. The Morgan fingerprint density at radius 1 is 1.06 bits per heavy atom. The zero-order valence-corrected chi connectivity index (χ0v) is 19.7. The van der Waals surface area contributed by atoms with E-state index in [4.69, 9.17) is 0 Å². The predicted octanol–water partition coefficient (Wildman–Crippen LogP) is 3.49. The number of carbonyl (C=O) groups excluding carboxylic acids is 3.